The van der Waals surface area contributed by atoms with Gasteiger partial charge in [0, 0.05) is 5.56 Å². The molecule has 3 unspecified atom stereocenters. The first-order valence-corrected chi connectivity index (χ1v) is 10.5. The van der Waals surface area contributed by atoms with Crippen molar-refractivity contribution in [1.82, 2.24) is 0 Å². The molecule has 2 heteroatoms. The lowest BCUT2D eigenvalue weighted by atomic mass is 9.64. The van der Waals surface area contributed by atoms with Gasteiger partial charge < -0.3 is 9.84 Å². The summed E-state index contributed by atoms with van der Waals surface area (Å²) in [5.74, 6) is 3.19. The van der Waals surface area contributed by atoms with Gasteiger partial charge in [-0.2, -0.15) is 0 Å². The van der Waals surface area contributed by atoms with E-state index in [2.05, 4.69) is 33.8 Å². The first-order chi connectivity index (χ1) is 11.9. The molecule has 3 rings (SSSR count). The number of aromatic hydroxyl groups is 1. The molecule has 0 saturated heterocycles. The molecule has 140 valence electrons. The second kappa shape index (κ2) is 7.60. The van der Waals surface area contributed by atoms with Gasteiger partial charge in [-0.1, -0.05) is 46.5 Å². The molecule has 25 heavy (non-hydrogen) atoms. The zero-order chi connectivity index (χ0) is 18.0. The van der Waals surface area contributed by atoms with Crippen LogP contribution in [0.3, 0.4) is 0 Å². The summed E-state index contributed by atoms with van der Waals surface area (Å²) in [6.07, 6.45) is 10.8. The number of aryl methyl sites for hydroxylation is 1. The first kappa shape index (κ1) is 18.6. The highest BCUT2D eigenvalue weighted by atomic mass is 16.5. The van der Waals surface area contributed by atoms with Gasteiger partial charge in [0.2, 0.25) is 0 Å². The predicted octanol–water partition coefficient (Wildman–Crippen LogP) is 6.60. The van der Waals surface area contributed by atoms with Gasteiger partial charge in [0.15, 0.2) is 0 Å². The second-order valence-corrected chi connectivity index (χ2v) is 9.00. The van der Waals surface area contributed by atoms with Crippen molar-refractivity contribution < 1.29 is 9.84 Å². The van der Waals surface area contributed by atoms with E-state index in [1.807, 2.05) is 6.07 Å². The summed E-state index contributed by atoms with van der Waals surface area (Å²) in [7, 11) is 0. The van der Waals surface area contributed by atoms with Crippen LogP contribution in [0.4, 0.5) is 0 Å². The van der Waals surface area contributed by atoms with Crippen LogP contribution in [0, 0.1) is 11.8 Å². The highest BCUT2D eigenvalue weighted by Gasteiger charge is 2.46. The van der Waals surface area contributed by atoms with Crippen LogP contribution < -0.4 is 4.74 Å². The van der Waals surface area contributed by atoms with Crippen molar-refractivity contribution in [3.63, 3.8) is 0 Å². The van der Waals surface area contributed by atoms with Crippen molar-refractivity contribution in [2.45, 2.75) is 97.0 Å². The van der Waals surface area contributed by atoms with Gasteiger partial charge in [-0.25, -0.2) is 0 Å². The summed E-state index contributed by atoms with van der Waals surface area (Å²) < 4.78 is 6.42. The third-order valence-electron chi connectivity index (χ3n) is 6.51. The van der Waals surface area contributed by atoms with Gasteiger partial charge >= 0.3 is 0 Å². The zero-order valence-electron chi connectivity index (χ0n) is 16.6. The Hall–Kier alpha value is -1.18. The minimum Gasteiger partial charge on any atom is -0.508 e. The van der Waals surface area contributed by atoms with Crippen molar-refractivity contribution in [2.24, 2.45) is 11.8 Å². The van der Waals surface area contributed by atoms with Crippen LogP contribution in [-0.2, 0) is 6.42 Å². The molecule has 1 aliphatic carbocycles. The SMILES string of the molecule is CCCCCCCc1cc(O)c2c(c1)OC1(C)CCC(C(C)C)C2C1. The maximum absolute atomic E-state index is 10.8. The molecule has 2 aliphatic rings. The molecule has 0 aromatic heterocycles. The van der Waals surface area contributed by atoms with Gasteiger partial charge in [-0.05, 0) is 74.5 Å². The molecule has 1 N–H and O–H groups in total. The van der Waals surface area contributed by atoms with E-state index in [0.717, 1.165) is 30.6 Å². The highest BCUT2D eigenvalue weighted by molar-refractivity contribution is 5.52. The van der Waals surface area contributed by atoms with Gasteiger partial charge in [0.1, 0.15) is 17.1 Å². The minimum atomic E-state index is -0.0464. The molecule has 3 atom stereocenters. The van der Waals surface area contributed by atoms with Crippen LogP contribution in [0.15, 0.2) is 12.1 Å². The van der Waals surface area contributed by atoms with Crippen LogP contribution in [-0.4, -0.2) is 10.7 Å². The summed E-state index contributed by atoms with van der Waals surface area (Å²) in [6, 6.07) is 4.23. The fourth-order valence-corrected chi connectivity index (χ4v) is 5.07. The van der Waals surface area contributed by atoms with Crippen LogP contribution >= 0.6 is 0 Å². The minimum absolute atomic E-state index is 0.0464. The quantitative estimate of drug-likeness (QED) is 0.565. The van der Waals surface area contributed by atoms with E-state index >= 15 is 0 Å². The Morgan fingerprint density at radius 1 is 1.20 bits per heavy atom. The smallest absolute Gasteiger partial charge is 0.127 e. The van der Waals surface area contributed by atoms with Gasteiger partial charge in [0.05, 0.1) is 0 Å². The average molecular weight is 345 g/mol. The Morgan fingerprint density at radius 3 is 2.68 bits per heavy atom. The normalized spacial score (nSPS) is 27.9. The van der Waals surface area contributed by atoms with Crippen LogP contribution in [0.2, 0.25) is 0 Å². The molecule has 1 aromatic carbocycles. The Balaban J connectivity index is 1.80. The monoisotopic (exact) mass is 344 g/mol. The molecule has 1 saturated carbocycles. The number of benzene rings is 1. The molecule has 2 nitrogen and oxygen atoms in total. The Bertz CT molecular complexity index is 592. The van der Waals surface area contributed by atoms with Crippen molar-refractivity contribution in [1.29, 1.82) is 0 Å². The Kier molecular flexibility index (Phi) is 5.65. The summed E-state index contributed by atoms with van der Waals surface area (Å²) >= 11 is 0. The fourth-order valence-electron chi connectivity index (χ4n) is 5.07. The van der Waals surface area contributed by atoms with Crippen molar-refractivity contribution in [3.05, 3.63) is 23.3 Å². The molecule has 0 amide bonds. The summed E-state index contributed by atoms with van der Waals surface area (Å²) in [4.78, 5) is 0. The molecule has 0 radical (unpaired) electrons. The molecule has 1 aliphatic heterocycles. The zero-order valence-corrected chi connectivity index (χ0v) is 16.6. The number of ether oxygens (including phenoxy) is 1. The fraction of sp³-hybridized carbons (Fsp3) is 0.739. The molecular weight excluding hydrogens is 308 g/mol. The maximum atomic E-state index is 10.8. The largest absolute Gasteiger partial charge is 0.508 e. The van der Waals surface area contributed by atoms with E-state index < -0.39 is 0 Å². The van der Waals surface area contributed by atoms with Crippen molar-refractivity contribution in [2.75, 3.05) is 0 Å². The number of hydrogen-bond donors (Lipinski definition) is 1. The number of hydrogen-bond acceptors (Lipinski definition) is 2. The van der Waals surface area contributed by atoms with Gasteiger partial charge in [-0.3, -0.25) is 0 Å². The van der Waals surface area contributed by atoms with Crippen molar-refractivity contribution >= 4 is 0 Å². The number of phenols is 1. The Morgan fingerprint density at radius 2 is 1.96 bits per heavy atom. The van der Waals surface area contributed by atoms with Crippen molar-refractivity contribution in [3.8, 4) is 11.5 Å². The van der Waals surface area contributed by atoms with Gasteiger partial charge in [-0.15, -0.1) is 0 Å². The third-order valence-corrected chi connectivity index (χ3v) is 6.51. The molecular formula is C23H36O2. The lowest BCUT2D eigenvalue weighted by Crippen LogP contribution is -2.45. The summed E-state index contributed by atoms with van der Waals surface area (Å²) in [6.45, 7) is 9.16. The van der Waals surface area contributed by atoms with E-state index in [-0.39, 0.29) is 5.60 Å². The van der Waals surface area contributed by atoms with Crippen LogP contribution in [0.25, 0.3) is 0 Å². The van der Waals surface area contributed by atoms with E-state index in [1.54, 1.807) is 0 Å². The summed E-state index contributed by atoms with van der Waals surface area (Å²) in [5.41, 5.74) is 2.28. The van der Waals surface area contributed by atoms with E-state index in [4.69, 9.17) is 4.74 Å². The topological polar surface area (TPSA) is 29.5 Å². The van der Waals surface area contributed by atoms with E-state index in [1.165, 1.54) is 44.1 Å². The van der Waals surface area contributed by atoms with E-state index in [0.29, 0.717) is 23.5 Å². The van der Waals surface area contributed by atoms with Crippen LogP contribution in [0.1, 0.15) is 96.1 Å². The highest BCUT2D eigenvalue weighted by Crippen LogP contribution is 2.55. The predicted molar refractivity (Wildman–Crippen MR) is 105 cm³/mol. The summed E-state index contributed by atoms with van der Waals surface area (Å²) in [5, 5.41) is 10.8. The average Bonchev–Trinajstić information content (AvgIpc) is 2.53. The van der Waals surface area contributed by atoms with E-state index in [9.17, 15) is 5.11 Å². The number of fused-ring (bicyclic) bond motifs is 4. The lowest BCUT2D eigenvalue weighted by Gasteiger charge is -2.49. The molecule has 1 aromatic rings. The third kappa shape index (κ3) is 3.99. The van der Waals surface area contributed by atoms with Crippen LogP contribution in [0.5, 0.6) is 11.5 Å². The standard InChI is InChI=1S/C23H36O2/c1-5-6-7-8-9-10-17-13-20(24)22-19-15-23(4,25-21(22)14-17)12-11-18(19)16(2)3/h13-14,16,18-19,24H,5-12,15H2,1-4H3. The number of rotatable bonds is 7. The molecule has 1 heterocycles. The number of unbranched alkanes of at least 4 members (excludes halogenated alkanes) is 4. The number of phenolic OH excluding ortho intramolecular Hbond substituents is 1. The molecule has 2 bridgehead atoms. The molecule has 0 spiro atoms. The first-order valence-electron chi connectivity index (χ1n) is 10.5. The van der Waals surface area contributed by atoms with Gasteiger partial charge in [0.25, 0.3) is 0 Å². The Labute approximate surface area is 154 Å². The second-order valence-electron chi connectivity index (χ2n) is 9.00. The lowest BCUT2D eigenvalue weighted by molar-refractivity contribution is -0.00866. The maximum Gasteiger partial charge on any atom is 0.127 e. The molecule has 1 fully saturated rings.